The molecule has 2 amide bonds. The van der Waals surface area contributed by atoms with Crippen LogP contribution in [0, 0.1) is 0 Å². The van der Waals surface area contributed by atoms with E-state index in [1.54, 1.807) is 0 Å². The molecule has 1 N–H and O–H groups in total. The summed E-state index contributed by atoms with van der Waals surface area (Å²) in [7, 11) is 2.12. The third-order valence-corrected chi connectivity index (χ3v) is 5.67. The molecule has 1 atom stereocenters. The van der Waals surface area contributed by atoms with Crippen LogP contribution in [0.5, 0.6) is 0 Å². The fourth-order valence-electron chi connectivity index (χ4n) is 4.21. The van der Waals surface area contributed by atoms with Crippen LogP contribution in [0.1, 0.15) is 35.6 Å². The van der Waals surface area contributed by atoms with Crippen LogP contribution < -0.4 is 5.32 Å². The first kappa shape index (κ1) is 17.1. The van der Waals surface area contributed by atoms with Gasteiger partial charge < -0.3 is 15.1 Å². The van der Waals surface area contributed by atoms with E-state index in [-0.39, 0.29) is 12.1 Å². The fraction of sp³-hybridized carbons (Fsp3) is 0.409. The van der Waals surface area contributed by atoms with Crippen molar-refractivity contribution < 1.29 is 4.79 Å². The molecule has 1 aliphatic carbocycles. The van der Waals surface area contributed by atoms with Crippen molar-refractivity contribution in [2.45, 2.75) is 31.7 Å². The highest BCUT2D eigenvalue weighted by molar-refractivity contribution is 5.91. The molecule has 0 bridgehead atoms. The first-order valence-electron chi connectivity index (χ1n) is 9.64. The van der Waals surface area contributed by atoms with Crippen molar-refractivity contribution in [1.29, 1.82) is 0 Å². The lowest BCUT2D eigenvalue weighted by Gasteiger charge is -2.40. The number of nitrogens with one attached hydrogen (secondary N) is 1. The third-order valence-electron chi connectivity index (χ3n) is 5.67. The molecule has 1 fully saturated rings. The van der Waals surface area contributed by atoms with Crippen molar-refractivity contribution in [3.63, 3.8) is 0 Å². The SMILES string of the molecule is CN1CCN(C(=O)Nc2cccc3c2CCCC3)C(c2ccccc2)C1. The summed E-state index contributed by atoms with van der Waals surface area (Å²) in [6.45, 7) is 2.52. The van der Waals surface area contributed by atoms with Crippen LogP contribution in [0.2, 0.25) is 0 Å². The normalized spacial score (nSPS) is 20.5. The number of piperazine rings is 1. The van der Waals surface area contributed by atoms with E-state index in [4.69, 9.17) is 0 Å². The lowest BCUT2D eigenvalue weighted by atomic mass is 9.90. The predicted octanol–water partition coefficient (Wildman–Crippen LogP) is 4.09. The van der Waals surface area contributed by atoms with Gasteiger partial charge in [0.25, 0.3) is 0 Å². The number of anilines is 1. The Balaban J connectivity index is 1.57. The number of carbonyl (C=O) groups is 1. The molecule has 136 valence electrons. The van der Waals surface area contributed by atoms with Crippen LogP contribution in [-0.4, -0.2) is 42.5 Å². The highest BCUT2D eigenvalue weighted by Crippen LogP contribution is 2.30. The fourth-order valence-corrected chi connectivity index (χ4v) is 4.21. The summed E-state index contributed by atoms with van der Waals surface area (Å²) < 4.78 is 0. The average molecular weight is 349 g/mol. The molecule has 1 unspecified atom stereocenters. The van der Waals surface area contributed by atoms with Gasteiger partial charge in [-0.25, -0.2) is 4.79 Å². The van der Waals surface area contributed by atoms with E-state index in [9.17, 15) is 4.79 Å². The van der Waals surface area contributed by atoms with E-state index in [1.807, 2.05) is 23.1 Å². The minimum absolute atomic E-state index is 0.0194. The number of amides is 2. The molecule has 4 rings (SSSR count). The number of fused-ring (bicyclic) bond motifs is 1. The quantitative estimate of drug-likeness (QED) is 0.886. The van der Waals surface area contributed by atoms with Crippen LogP contribution >= 0.6 is 0 Å². The first-order valence-corrected chi connectivity index (χ1v) is 9.64. The van der Waals surface area contributed by atoms with E-state index in [2.05, 4.69) is 47.6 Å². The summed E-state index contributed by atoms with van der Waals surface area (Å²) in [6.07, 6.45) is 4.65. The van der Waals surface area contributed by atoms with Crippen molar-refractivity contribution >= 4 is 11.7 Å². The largest absolute Gasteiger partial charge is 0.322 e. The molecule has 0 aromatic heterocycles. The summed E-state index contributed by atoms with van der Waals surface area (Å²) in [6, 6.07) is 16.8. The smallest absolute Gasteiger partial charge is 0.315 e. The van der Waals surface area contributed by atoms with Crippen LogP contribution in [0.4, 0.5) is 10.5 Å². The number of aryl methyl sites for hydroxylation is 1. The number of hydrogen-bond acceptors (Lipinski definition) is 2. The molecule has 0 saturated carbocycles. The van der Waals surface area contributed by atoms with Crippen LogP contribution in [0.3, 0.4) is 0 Å². The lowest BCUT2D eigenvalue weighted by Crippen LogP contribution is -2.50. The maximum Gasteiger partial charge on any atom is 0.322 e. The number of likely N-dealkylation sites (N-methyl/N-ethyl adjacent to an activating group) is 1. The second-order valence-corrected chi connectivity index (χ2v) is 7.46. The van der Waals surface area contributed by atoms with E-state index in [1.165, 1.54) is 29.5 Å². The summed E-state index contributed by atoms with van der Waals surface area (Å²) in [4.78, 5) is 17.4. The third kappa shape index (κ3) is 3.47. The van der Waals surface area contributed by atoms with Gasteiger partial charge in [0, 0.05) is 25.3 Å². The number of nitrogens with zero attached hydrogens (tertiary/aromatic N) is 2. The van der Waals surface area contributed by atoms with Crippen molar-refractivity contribution in [2.75, 3.05) is 32.0 Å². The Labute approximate surface area is 155 Å². The van der Waals surface area contributed by atoms with Gasteiger partial charge in [-0.1, -0.05) is 42.5 Å². The highest BCUT2D eigenvalue weighted by atomic mass is 16.2. The Kier molecular flexibility index (Phi) is 4.93. The van der Waals surface area contributed by atoms with E-state index in [0.29, 0.717) is 0 Å². The number of benzene rings is 2. The number of rotatable bonds is 2. The topological polar surface area (TPSA) is 35.6 Å². The Morgan fingerprint density at radius 2 is 1.81 bits per heavy atom. The van der Waals surface area contributed by atoms with Gasteiger partial charge in [-0.3, -0.25) is 0 Å². The standard InChI is InChI=1S/C22H27N3O/c1-24-14-15-25(21(16-24)18-9-3-2-4-10-18)22(26)23-20-13-7-11-17-8-5-6-12-19(17)20/h2-4,7,9-11,13,21H,5-6,8,12,14-16H2,1H3,(H,23,26). The zero-order chi connectivity index (χ0) is 17.9. The summed E-state index contributed by atoms with van der Waals surface area (Å²) >= 11 is 0. The summed E-state index contributed by atoms with van der Waals surface area (Å²) in [5.74, 6) is 0. The van der Waals surface area contributed by atoms with Crippen molar-refractivity contribution in [3.05, 3.63) is 65.2 Å². The van der Waals surface area contributed by atoms with Gasteiger partial charge in [0.05, 0.1) is 6.04 Å². The molecule has 4 nitrogen and oxygen atoms in total. The molecular formula is C22H27N3O. The van der Waals surface area contributed by atoms with Gasteiger partial charge in [0.1, 0.15) is 0 Å². The van der Waals surface area contributed by atoms with Gasteiger partial charge in [0.2, 0.25) is 0 Å². The average Bonchev–Trinajstić information content (AvgIpc) is 2.69. The molecule has 2 aromatic rings. The molecule has 4 heteroatoms. The Hall–Kier alpha value is -2.33. The van der Waals surface area contributed by atoms with Crippen LogP contribution in [0.15, 0.2) is 48.5 Å². The van der Waals surface area contributed by atoms with E-state index in [0.717, 1.165) is 38.2 Å². The number of carbonyl (C=O) groups excluding carboxylic acids is 1. The number of hydrogen-bond donors (Lipinski definition) is 1. The highest BCUT2D eigenvalue weighted by Gasteiger charge is 2.30. The predicted molar refractivity (Wildman–Crippen MR) is 105 cm³/mol. The Morgan fingerprint density at radius 1 is 1.00 bits per heavy atom. The van der Waals surface area contributed by atoms with Gasteiger partial charge in [-0.15, -0.1) is 0 Å². The summed E-state index contributed by atoms with van der Waals surface area (Å²) in [5, 5.41) is 3.22. The van der Waals surface area contributed by atoms with Gasteiger partial charge >= 0.3 is 6.03 Å². The first-order chi connectivity index (χ1) is 12.7. The minimum Gasteiger partial charge on any atom is -0.315 e. The van der Waals surface area contributed by atoms with E-state index >= 15 is 0 Å². The second kappa shape index (κ2) is 7.50. The molecule has 1 saturated heterocycles. The molecule has 0 spiro atoms. The molecule has 0 radical (unpaired) electrons. The van der Waals surface area contributed by atoms with Crippen molar-refractivity contribution in [1.82, 2.24) is 9.80 Å². The molecule has 1 aliphatic heterocycles. The van der Waals surface area contributed by atoms with Gasteiger partial charge in [-0.05, 0) is 55.5 Å². The monoisotopic (exact) mass is 349 g/mol. The minimum atomic E-state index is 0.0194. The molecule has 1 heterocycles. The van der Waals surface area contributed by atoms with E-state index < -0.39 is 0 Å². The zero-order valence-electron chi connectivity index (χ0n) is 15.4. The maximum atomic E-state index is 13.1. The number of urea groups is 1. The van der Waals surface area contributed by atoms with Crippen molar-refractivity contribution in [2.24, 2.45) is 0 Å². The van der Waals surface area contributed by atoms with Crippen LogP contribution in [-0.2, 0) is 12.8 Å². The van der Waals surface area contributed by atoms with Crippen LogP contribution in [0.25, 0.3) is 0 Å². The molecular weight excluding hydrogens is 322 g/mol. The second-order valence-electron chi connectivity index (χ2n) is 7.46. The molecule has 26 heavy (non-hydrogen) atoms. The Morgan fingerprint density at radius 3 is 2.65 bits per heavy atom. The molecule has 2 aromatic carbocycles. The summed E-state index contributed by atoms with van der Waals surface area (Å²) in [5.41, 5.74) is 4.92. The van der Waals surface area contributed by atoms with Crippen molar-refractivity contribution in [3.8, 4) is 0 Å². The van der Waals surface area contributed by atoms with Gasteiger partial charge in [-0.2, -0.15) is 0 Å². The molecule has 2 aliphatic rings. The lowest BCUT2D eigenvalue weighted by molar-refractivity contribution is 0.116. The zero-order valence-corrected chi connectivity index (χ0v) is 15.4. The maximum absolute atomic E-state index is 13.1. The van der Waals surface area contributed by atoms with Gasteiger partial charge in [0.15, 0.2) is 0 Å². The Bertz CT molecular complexity index is 774.